The molecule has 0 aliphatic carbocycles. The number of sulfonamides is 1. The molecule has 118 valence electrons. The van der Waals surface area contributed by atoms with Crippen LogP contribution in [0, 0.1) is 39.3 Å². The Morgan fingerprint density at radius 1 is 0.955 bits per heavy atom. The quantitative estimate of drug-likeness (QED) is 0.927. The summed E-state index contributed by atoms with van der Waals surface area (Å²) in [7, 11) is -4.02. The predicted molar refractivity (Wildman–Crippen MR) is 82.6 cm³/mol. The van der Waals surface area contributed by atoms with Gasteiger partial charge in [-0.2, -0.15) is 0 Å². The standard InChI is InChI=1S/C16H17F2NO2S/c1-9-8-10(2)12(4)16(11(9)3)22(20,21)19-14-7-5-6-13(17)15(14)18/h5-8,19H,1-4H3. The minimum atomic E-state index is -4.02. The molecule has 2 aromatic carbocycles. The smallest absolute Gasteiger partial charge is 0.262 e. The number of anilines is 1. The number of hydrogen-bond acceptors (Lipinski definition) is 2. The van der Waals surface area contributed by atoms with Crippen molar-refractivity contribution < 1.29 is 17.2 Å². The molecule has 0 aromatic heterocycles. The van der Waals surface area contributed by atoms with E-state index in [1.165, 1.54) is 12.1 Å². The zero-order valence-electron chi connectivity index (χ0n) is 12.8. The lowest BCUT2D eigenvalue weighted by molar-refractivity contribution is 0.511. The molecule has 2 rings (SSSR count). The monoisotopic (exact) mass is 325 g/mol. The van der Waals surface area contributed by atoms with Crippen LogP contribution in [0.25, 0.3) is 0 Å². The van der Waals surface area contributed by atoms with Crippen LogP contribution in [0.4, 0.5) is 14.5 Å². The van der Waals surface area contributed by atoms with Gasteiger partial charge in [-0.25, -0.2) is 17.2 Å². The topological polar surface area (TPSA) is 46.2 Å². The van der Waals surface area contributed by atoms with Gasteiger partial charge in [0.15, 0.2) is 11.6 Å². The van der Waals surface area contributed by atoms with Crippen LogP contribution in [-0.4, -0.2) is 8.42 Å². The zero-order valence-corrected chi connectivity index (χ0v) is 13.6. The first-order valence-electron chi connectivity index (χ1n) is 6.69. The number of nitrogens with one attached hydrogen (secondary N) is 1. The van der Waals surface area contributed by atoms with Crippen molar-refractivity contribution in [2.45, 2.75) is 32.6 Å². The summed E-state index contributed by atoms with van der Waals surface area (Å²) >= 11 is 0. The maximum absolute atomic E-state index is 13.7. The summed E-state index contributed by atoms with van der Waals surface area (Å²) in [5.41, 5.74) is 2.42. The van der Waals surface area contributed by atoms with Crippen LogP contribution < -0.4 is 4.72 Å². The van der Waals surface area contributed by atoms with Crippen molar-refractivity contribution in [2.24, 2.45) is 0 Å². The number of halogens is 2. The van der Waals surface area contributed by atoms with Gasteiger partial charge in [-0.05, 0) is 62.1 Å². The van der Waals surface area contributed by atoms with Gasteiger partial charge in [-0.15, -0.1) is 0 Å². The Kier molecular flexibility index (Phi) is 4.24. The number of hydrogen-bond donors (Lipinski definition) is 1. The van der Waals surface area contributed by atoms with E-state index in [-0.39, 0.29) is 4.90 Å². The van der Waals surface area contributed by atoms with E-state index in [0.29, 0.717) is 11.1 Å². The third-order valence-corrected chi connectivity index (χ3v) is 5.40. The highest BCUT2D eigenvalue weighted by Gasteiger charge is 2.23. The average Bonchev–Trinajstić information content (AvgIpc) is 2.41. The minimum absolute atomic E-state index is 0.105. The van der Waals surface area contributed by atoms with E-state index in [4.69, 9.17) is 0 Å². The largest absolute Gasteiger partial charge is 0.277 e. The first-order valence-corrected chi connectivity index (χ1v) is 8.17. The molecule has 0 heterocycles. The van der Waals surface area contributed by atoms with Crippen LogP contribution in [-0.2, 0) is 10.0 Å². The molecule has 0 atom stereocenters. The van der Waals surface area contributed by atoms with Gasteiger partial charge in [0.1, 0.15) is 0 Å². The van der Waals surface area contributed by atoms with Crippen molar-refractivity contribution in [3.63, 3.8) is 0 Å². The van der Waals surface area contributed by atoms with Gasteiger partial charge in [-0.1, -0.05) is 12.1 Å². The highest BCUT2D eigenvalue weighted by atomic mass is 32.2. The summed E-state index contributed by atoms with van der Waals surface area (Å²) in [6.45, 7) is 7.00. The lowest BCUT2D eigenvalue weighted by Crippen LogP contribution is -2.18. The fourth-order valence-electron chi connectivity index (χ4n) is 2.36. The highest BCUT2D eigenvalue weighted by Crippen LogP contribution is 2.28. The van der Waals surface area contributed by atoms with E-state index in [9.17, 15) is 17.2 Å². The van der Waals surface area contributed by atoms with Gasteiger partial charge < -0.3 is 0 Å². The van der Waals surface area contributed by atoms with E-state index < -0.39 is 27.3 Å². The Balaban J connectivity index is 2.60. The second kappa shape index (κ2) is 5.68. The summed E-state index contributed by atoms with van der Waals surface area (Å²) < 4.78 is 54.3. The molecule has 0 radical (unpaired) electrons. The van der Waals surface area contributed by atoms with Gasteiger partial charge in [0, 0.05) is 0 Å². The SMILES string of the molecule is Cc1cc(C)c(C)c(S(=O)(=O)Nc2cccc(F)c2F)c1C. The van der Waals surface area contributed by atoms with Gasteiger partial charge in [0.25, 0.3) is 10.0 Å². The number of rotatable bonds is 3. The Labute approximate surface area is 129 Å². The molecular formula is C16H17F2NO2S. The van der Waals surface area contributed by atoms with E-state index in [1.54, 1.807) is 13.8 Å². The van der Waals surface area contributed by atoms with Crippen LogP contribution in [0.5, 0.6) is 0 Å². The Bertz CT molecular complexity index is 819. The van der Waals surface area contributed by atoms with Gasteiger partial charge in [0.2, 0.25) is 0 Å². The Hall–Kier alpha value is -1.95. The molecule has 6 heteroatoms. The van der Waals surface area contributed by atoms with E-state index in [1.807, 2.05) is 19.9 Å². The van der Waals surface area contributed by atoms with Gasteiger partial charge >= 0.3 is 0 Å². The molecular weight excluding hydrogens is 308 g/mol. The Morgan fingerprint density at radius 3 is 2.05 bits per heavy atom. The summed E-state index contributed by atoms with van der Waals surface area (Å²) in [5, 5.41) is 0. The van der Waals surface area contributed by atoms with Crippen molar-refractivity contribution in [1.82, 2.24) is 0 Å². The molecule has 0 aliphatic rings. The first-order chi connectivity index (χ1) is 10.1. The lowest BCUT2D eigenvalue weighted by atomic mass is 10.0. The maximum Gasteiger partial charge on any atom is 0.262 e. The molecule has 0 unspecified atom stereocenters. The minimum Gasteiger partial charge on any atom is -0.277 e. The second-order valence-electron chi connectivity index (χ2n) is 5.30. The molecule has 0 aliphatic heterocycles. The third kappa shape index (κ3) is 2.83. The van der Waals surface area contributed by atoms with Gasteiger partial charge in [0.05, 0.1) is 10.6 Å². The molecule has 0 bridgehead atoms. The summed E-state index contributed by atoms with van der Waals surface area (Å²) in [4.78, 5) is 0.105. The maximum atomic E-state index is 13.7. The molecule has 0 fully saturated rings. The van der Waals surface area contributed by atoms with Crippen LogP contribution in [0.1, 0.15) is 22.3 Å². The lowest BCUT2D eigenvalue weighted by Gasteiger charge is -2.17. The zero-order chi connectivity index (χ0) is 16.7. The Morgan fingerprint density at radius 2 is 1.50 bits per heavy atom. The normalized spacial score (nSPS) is 11.5. The molecule has 22 heavy (non-hydrogen) atoms. The van der Waals surface area contributed by atoms with Crippen molar-refractivity contribution in [3.05, 3.63) is 58.2 Å². The van der Waals surface area contributed by atoms with Gasteiger partial charge in [-0.3, -0.25) is 4.72 Å². The van der Waals surface area contributed by atoms with Crippen molar-refractivity contribution in [2.75, 3.05) is 4.72 Å². The second-order valence-corrected chi connectivity index (χ2v) is 6.92. The first kappa shape index (κ1) is 16.4. The molecule has 3 nitrogen and oxygen atoms in total. The van der Waals surface area contributed by atoms with E-state index >= 15 is 0 Å². The molecule has 0 amide bonds. The third-order valence-electron chi connectivity index (χ3n) is 3.76. The number of benzene rings is 2. The summed E-state index contributed by atoms with van der Waals surface area (Å²) in [5.74, 6) is -2.32. The molecule has 1 N–H and O–H groups in total. The van der Waals surface area contributed by atoms with Crippen LogP contribution in [0.3, 0.4) is 0 Å². The highest BCUT2D eigenvalue weighted by molar-refractivity contribution is 7.92. The molecule has 0 saturated carbocycles. The average molecular weight is 325 g/mol. The fraction of sp³-hybridized carbons (Fsp3) is 0.250. The summed E-state index contributed by atoms with van der Waals surface area (Å²) in [6, 6.07) is 5.26. The van der Waals surface area contributed by atoms with E-state index in [0.717, 1.165) is 17.2 Å². The van der Waals surface area contributed by atoms with Crippen molar-refractivity contribution in [3.8, 4) is 0 Å². The fourth-order valence-corrected chi connectivity index (χ4v) is 4.04. The van der Waals surface area contributed by atoms with Crippen LogP contribution >= 0.6 is 0 Å². The van der Waals surface area contributed by atoms with E-state index in [2.05, 4.69) is 4.72 Å². The van der Waals surface area contributed by atoms with Crippen LogP contribution in [0.2, 0.25) is 0 Å². The van der Waals surface area contributed by atoms with Crippen molar-refractivity contribution in [1.29, 1.82) is 0 Å². The predicted octanol–water partition coefficient (Wildman–Crippen LogP) is 4.00. The summed E-state index contributed by atoms with van der Waals surface area (Å²) in [6.07, 6.45) is 0. The molecule has 0 saturated heterocycles. The van der Waals surface area contributed by atoms with Crippen molar-refractivity contribution >= 4 is 15.7 Å². The van der Waals surface area contributed by atoms with Crippen LogP contribution in [0.15, 0.2) is 29.2 Å². The molecule has 2 aromatic rings. The molecule has 0 spiro atoms. The number of aryl methyl sites for hydroxylation is 2.